The van der Waals surface area contributed by atoms with Gasteiger partial charge in [0.2, 0.25) is 0 Å². The molecule has 1 aromatic carbocycles. The first-order valence-corrected chi connectivity index (χ1v) is 6.88. The maximum Gasteiger partial charge on any atom is 0.137 e. The fourth-order valence-electron chi connectivity index (χ4n) is 1.93. The second-order valence-electron chi connectivity index (χ2n) is 4.65. The van der Waals surface area contributed by atoms with Gasteiger partial charge in [0, 0.05) is 12.6 Å². The summed E-state index contributed by atoms with van der Waals surface area (Å²) in [4.78, 5) is 0. The zero-order chi connectivity index (χ0) is 12.3. The van der Waals surface area contributed by atoms with E-state index in [0.29, 0.717) is 11.0 Å². The molecule has 17 heavy (non-hydrogen) atoms. The molecule has 0 saturated heterocycles. The van der Waals surface area contributed by atoms with Crippen molar-refractivity contribution in [3.8, 4) is 0 Å². The molecule has 1 saturated carbocycles. The van der Waals surface area contributed by atoms with Crippen LogP contribution >= 0.6 is 15.9 Å². The maximum absolute atomic E-state index is 13.4. The van der Waals surface area contributed by atoms with Crippen LogP contribution < -0.4 is 11.1 Å². The third-order valence-electron chi connectivity index (χ3n) is 3.22. The monoisotopic (exact) mass is 300 g/mol. The van der Waals surface area contributed by atoms with Gasteiger partial charge in [-0.25, -0.2) is 4.39 Å². The van der Waals surface area contributed by atoms with Gasteiger partial charge < -0.3 is 11.1 Å². The van der Waals surface area contributed by atoms with Crippen LogP contribution in [0.3, 0.4) is 0 Å². The minimum atomic E-state index is -0.232. The lowest BCUT2D eigenvalue weighted by molar-refractivity contribution is 0.512. The van der Waals surface area contributed by atoms with Crippen LogP contribution in [0.2, 0.25) is 0 Å². The molecule has 0 heterocycles. The van der Waals surface area contributed by atoms with Crippen molar-refractivity contribution in [3.63, 3.8) is 0 Å². The van der Waals surface area contributed by atoms with Gasteiger partial charge in [-0.15, -0.1) is 0 Å². The molecule has 3 N–H and O–H groups in total. The Bertz CT molecular complexity index is 380. The second-order valence-corrected chi connectivity index (χ2v) is 5.50. The SMILES string of the molecule is NCC(NCCC1CC1)c1ccc(Br)c(F)c1. The standard InChI is InChI=1S/C13H18BrFN2/c14-11-4-3-10(7-12(11)15)13(8-16)17-6-5-9-1-2-9/h3-4,7,9,13,17H,1-2,5-6,8,16H2. The number of rotatable bonds is 6. The lowest BCUT2D eigenvalue weighted by atomic mass is 10.1. The van der Waals surface area contributed by atoms with Gasteiger partial charge in [-0.1, -0.05) is 18.9 Å². The maximum atomic E-state index is 13.4. The zero-order valence-electron chi connectivity index (χ0n) is 9.76. The normalized spacial score (nSPS) is 17.1. The van der Waals surface area contributed by atoms with Crippen molar-refractivity contribution in [1.29, 1.82) is 0 Å². The van der Waals surface area contributed by atoms with E-state index in [9.17, 15) is 4.39 Å². The highest BCUT2D eigenvalue weighted by atomic mass is 79.9. The van der Waals surface area contributed by atoms with Crippen molar-refractivity contribution < 1.29 is 4.39 Å². The van der Waals surface area contributed by atoms with Crippen LogP contribution in [-0.4, -0.2) is 13.1 Å². The summed E-state index contributed by atoms with van der Waals surface area (Å²) in [5.41, 5.74) is 6.65. The van der Waals surface area contributed by atoms with Crippen molar-refractivity contribution in [1.82, 2.24) is 5.32 Å². The topological polar surface area (TPSA) is 38.0 Å². The molecule has 2 rings (SSSR count). The predicted molar refractivity (Wildman–Crippen MR) is 71.2 cm³/mol. The molecule has 1 aliphatic carbocycles. The Labute approximate surface area is 110 Å². The van der Waals surface area contributed by atoms with Gasteiger partial charge in [0.25, 0.3) is 0 Å². The Morgan fingerprint density at radius 2 is 2.24 bits per heavy atom. The van der Waals surface area contributed by atoms with Gasteiger partial charge in [-0.2, -0.15) is 0 Å². The third-order valence-corrected chi connectivity index (χ3v) is 3.87. The van der Waals surface area contributed by atoms with E-state index >= 15 is 0 Å². The summed E-state index contributed by atoms with van der Waals surface area (Å²) in [5.74, 6) is 0.674. The van der Waals surface area contributed by atoms with Gasteiger partial charge in [0.05, 0.1) is 4.47 Å². The van der Waals surface area contributed by atoms with Crippen molar-refractivity contribution in [2.45, 2.75) is 25.3 Å². The Balaban J connectivity index is 1.92. The van der Waals surface area contributed by atoms with Gasteiger partial charge in [-0.05, 0) is 52.5 Å². The summed E-state index contributed by atoms with van der Waals surface area (Å²) in [6.07, 6.45) is 3.93. The van der Waals surface area contributed by atoms with E-state index in [0.717, 1.165) is 18.0 Å². The Morgan fingerprint density at radius 1 is 1.47 bits per heavy atom. The van der Waals surface area contributed by atoms with Gasteiger partial charge in [0.15, 0.2) is 0 Å². The number of benzene rings is 1. The Hall–Kier alpha value is -0.450. The molecule has 94 valence electrons. The van der Waals surface area contributed by atoms with Crippen LogP contribution in [0.5, 0.6) is 0 Å². The van der Waals surface area contributed by atoms with Crippen LogP contribution in [0, 0.1) is 11.7 Å². The van der Waals surface area contributed by atoms with Crippen LogP contribution in [0.1, 0.15) is 30.9 Å². The predicted octanol–water partition coefficient (Wildman–Crippen LogP) is 2.98. The van der Waals surface area contributed by atoms with E-state index < -0.39 is 0 Å². The van der Waals surface area contributed by atoms with Crippen molar-refractivity contribution in [2.24, 2.45) is 11.7 Å². The van der Waals surface area contributed by atoms with Crippen molar-refractivity contribution >= 4 is 15.9 Å². The zero-order valence-corrected chi connectivity index (χ0v) is 11.3. The fourth-order valence-corrected chi connectivity index (χ4v) is 2.18. The minimum Gasteiger partial charge on any atom is -0.329 e. The molecule has 1 unspecified atom stereocenters. The molecule has 2 nitrogen and oxygen atoms in total. The number of hydrogen-bond donors (Lipinski definition) is 2. The van der Waals surface area contributed by atoms with Crippen molar-refractivity contribution in [2.75, 3.05) is 13.1 Å². The van der Waals surface area contributed by atoms with Gasteiger partial charge in [-0.3, -0.25) is 0 Å². The van der Waals surface area contributed by atoms with Crippen LogP contribution in [0.25, 0.3) is 0 Å². The molecule has 1 aromatic rings. The molecule has 1 fully saturated rings. The summed E-state index contributed by atoms with van der Waals surface area (Å²) < 4.78 is 13.9. The highest BCUT2D eigenvalue weighted by molar-refractivity contribution is 9.10. The highest BCUT2D eigenvalue weighted by Crippen LogP contribution is 2.32. The minimum absolute atomic E-state index is 0.0522. The number of hydrogen-bond acceptors (Lipinski definition) is 2. The van der Waals surface area contributed by atoms with E-state index in [1.54, 1.807) is 12.1 Å². The number of nitrogens with one attached hydrogen (secondary N) is 1. The lowest BCUT2D eigenvalue weighted by Gasteiger charge is -2.17. The lowest BCUT2D eigenvalue weighted by Crippen LogP contribution is -2.29. The Kier molecular flexibility index (Phi) is 4.54. The molecule has 0 bridgehead atoms. The van der Waals surface area contributed by atoms with E-state index in [1.807, 2.05) is 6.07 Å². The molecule has 1 aliphatic rings. The van der Waals surface area contributed by atoms with Crippen LogP contribution in [0.15, 0.2) is 22.7 Å². The number of nitrogens with two attached hydrogens (primary N) is 1. The second kappa shape index (κ2) is 5.94. The van der Waals surface area contributed by atoms with E-state index in [-0.39, 0.29) is 11.9 Å². The highest BCUT2D eigenvalue weighted by Gasteiger charge is 2.21. The molecule has 0 radical (unpaired) electrons. The smallest absolute Gasteiger partial charge is 0.137 e. The quantitative estimate of drug-likeness (QED) is 0.848. The van der Waals surface area contributed by atoms with Crippen LogP contribution in [0.4, 0.5) is 4.39 Å². The van der Waals surface area contributed by atoms with Gasteiger partial charge in [0.1, 0.15) is 5.82 Å². The first-order valence-electron chi connectivity index (χ1n) is 6.09. The number of halogens is 2. The first kappa shape index (κ1) is 13.0. The summed E-state index contributed by atoms with van der Waals surface area (Å²) in [5, 5.41) is 3.40. The van der Waals surface area contributed by atoms with E-state index in [2.05, 4.69) is 21.2 Å². The van der Waals surface area contributed by atoms with E-state index in [1.165, 1.54) is 19.3 Å². The third kappa shape index (κ3) is 3.76. The molecule has 0 spiro atoms. The molecule has 1 atom stereocenters. The fraction of sp³-hybridized carbons (Fsp3) is 0.538. The summed E-state index contributed by atoms with van der Waals surface area (Å²) in [6.45, 7) is 1.45. The molecule has 0 aliphatic heterocycles. The van der Waals surface area contributed by atoms with Crippen LogP contribution in [-0.2, 0) is 0 Å². The summed E-state index contributed by atoms with van der Waals surface area (Å²) in [7, 11) is 0. The first-order chi connectivity index (χ1) is 8.20. The van der Waals surface area contributed by atoms with Gasteiger partial charge >= 0.3 is 0 Å². The summed E-state index contributed by atoms with van der Waals surface area (Å²) in [6, 6.07) is 5.24. The molecular formula is C13H18BrFN2. The van der Waals surface area contributed by atoms with Crippen molar-refractivity contribution in [3.05, 3.63) is 34.1 Å². The molecule has 4 heteroatoms. The molecule has 0 amide bonds. The Morgan fingerprint density at radius 3 is 2.82 bits per heavy atom. The molecule has 0 aromatic heterocycles. The van der Waals surface area contributed by atoms with E-state index in [4.69, 9.17) is 5.73 Å². The largest absolute Gasteiger partial charge is 0.329 e. The summed E-state index contributed by atoms with van der Waals surface area (Å²) >= 11 is 3.15. The average molecular weight is 301 g/mol. The average Bonchev–Trinajstić information content (AvgIpc) is 3.12. The molecular weight excluding hydrogens is 283 g/mol.